The Bertz CT molecular complexity index is 1090. The Hall–Kier alpha value is -1.41. The lowest BCUT2D eigenvalue weighted by molar-refractivity contribution is -0.130. The van der Waals surface area contributed by atoms with E-state index in [1.165, 1.54) is 16.7 Å². The number of aldehydes is 1. The van der Waals surface area contributed by atoms with E-state index < -0.39 is 16.3 Å². The van der Waals surface area contributed by atoms with Gasteiger partial charge in [0.15, 0.2) is 6.29 Å². The van der Waals surface area contributed by atoms with Gasteiger partial charge in [-0.2, -0.15) is 8.42 Å². The molecular weight excluding hydrogens is 520 g/mol. The third-order valence-electron chi connectivity index (χ3n) is 6.74. The van der Waals surface area contributed by atoms with E-state index in [0.29, 0.717) is 31.6 Å². The number of aliphatic hydroxyl groups is 1. The van der Waals surface area contributed by atoms with Crippen molar-refractivity contribution < 1.29 is 23.1 Å². The van der Waals surface area contributed by atoms with Gasteiger partial charge in [-0.25, -0.2) is 9.86 Å². The van der Waals surface area contributed by atoms with E-state index in [2.05, 4.69) is 21.8 Å². The number of thioether (sulfide) groups is 2. The number of rotatable bonds is 11. The zero-order valence-corrected chi connectivity index (χ0v) is 23.5. The highest BCUT2D eigenvalue weighted by Gasteiger charge is 2.43. The van der Waals surface area contributed by atoms with Gasteiger partial charge < -0.3 is 10.0 Å². The number of hydrogen-bond acceptors (Lipinski definition) is 8. The number of nitrogens with one attached hydrogen (secondary N) is 1. The van der Waals surface area contributed by atoms with Gasteiger partial charge in [-0.15, -0.1) is 23.5 Å². The summed E-state index contributed by atoms with van der Waals surface area (Å²) < 4.78 is 25.6. The highest BCUT2D eigenvalue weighted by molar-refractivity contribution is 8.03. The van der Waals surface area contributed by atoms with Gasteiger partial charge in [0.2, 0.25) is 5.91 Å². The first kappa shape index (κ1) is 29.2. The van der Waals surface area contributed by atoms with Crippen LogP contribution < -0.4 is 9.86 Å². The quantitative estimate of drug-likeness (QED) is 0.278. The largest absolute Gasteiger partial charge is 0.393 e. The zero-order valence-electron chi connectivity index (χ0n) is 21.1. The minimum Gasteiger partial charge on any atom is -0.393 e. The van der Waals surface area contributed by atoms with Gasteiger partial charge in [0.25, 0.3) is 10.2 Å². The monoisotopic (exact) mass is 556 g/mol. The normalized spacial score (nSPS) is 26.0. The van der Waals surface area contributed by atoms with Crippen LogP contribution in [0.4, 0.5) is 0 Å². The smallest absolute Gasteiger partial charge is 0.274 e. The number of hydrogen-bond donors (Lipinski definition) is 3. The first-order valence-electron chi connectivity index (χ1n) is 11.9. The second kappa shape index (κ2) is 12.4. The first-order chi connectivity index (χ1) is 16.9. The van der Waals surface area contributed by atoms with E-state index in [1.54, 1.807) is 30.4 Å². The highest BCUT2D eigenvalue weighted by Crippen LogP contribution is 2.45. The van der Waals surface area contributed by atoms with Gasteiger partial charge >= 0.3 is 0 Å². The molecule has 1 amide bonds. The van der Waals surface area contributed by atoms with Crippen LogP contribution in [0.3, 0.4) is 0 Å². The van der Waals surface area contributed by atoms with Crippen molar-refractivity contribution in [3.8, 4) is 0 Å². The van der Waals surface area contributed by atoms with Crippen molar-refractivity contribution in [2.24, 2.45) is 11.1 Å². The number of allylic oxidation sites excluding steroid dienone is 1. The molecule has 0 saturated carbocycles. The Labute approximate surface area is 222 Å². The summed E-state index contributed by atoms with van der Waals surface area (Å²) in [5.41, 5.74) is 1.54. The van der Waals surface area contributed by atoms with Crippen LogP contribution in [0.15, 0.2) is 39.8 Å². The van der Waals surface area contributed by atoms with Gasteiger partial charge in [0.05, 0.1) is 11.8 Å². The lowest BCUT2D eigenvalue weighted by atomic mass is 9.98. The molecule has 1 saturated heterocycles. The van der Waals surface area contributed by atoms with Crippen molar-refractivity contribution in [1.82, 2.24) is 14.5 Å². The summed E-state index contributed by atoms with van der Waals surface area (Å²) in [7, 11) is -3.83. The van der Waals surface area contributed by atoms with Crippen molar-refractivity contribution in [1.29, 1.82) is 0 Å². The maximum Gasteiger partial charge on any atom is 0.274 e. The number of aliphatic hydroxyl groups excluding tert-OH is 1. The molecule has 0 aromatic heterocycles. The predicted molar refractivity (Wildman–Crippen MR) is 144 cm³/mol. The van der Waals surface area contributed by atoms with Crippen LogP contribution in [0.2, 0.25) is 0 Å². The molecule has 9 nitrogen and oxygen atoms in total. The second-order valence-corrected chi connectivity index (χ2v) is 13.0. The molecular formula is C24H36N4O5S3. The van der Waals surface area contributed by atoms with E-state index in [1.807, 2.05) is 25.3 Å². The SMILES string of the molecule is CSc1ccccc1CN1C[C@@H](SC2=C(C=O)N(C(C)=O)[C@@H](C[C@@H](C)O)[C@H]2C)C[C@H]1CNS(N)(=O)=O. The van der Waals surface area contributed by atoms with E-state index in [-0.39, 0.29) is 35.7 Å². The maximum absolute atomic E-state index is 12.4. The molecule has 5 atom stereocenters. The number of carbonyl (C=O) groups is 2. The summed E-state index contributed by atoms with van der Waals surface area (Å²) in [5, 5.41) is 15.3. The van der Waals surface area contributed by atoms with Gasteiger partial charge in [0, 0.05) is 59.6 Å². The molecule has 1 fully saturated rings. The summed E-state index contributed by atoms with van der Waals surface area (Å²) in [6.45, 7) is 6.65. The molecule has 2 aliphatic heterocycles. The van der Waals surface area contributed by atoms with Crippen molar-refractivity contribution in [2.45, 2.75) is 68.5 Å². The predicted octanol–water partition coefficient (Wildman–Crippen LogP) is 1.93. The average molecular weight is 557 g/mol. The molecule has 1 aromatic carbocycles. The molecule has 3 rings (SSSR count). The van der Waals surface area contributed by atoms with Crippen LogP contribution in [0.5, 0.6) is 0 Å². The Morgan fingerprint density at radius 3 is 2.64 bits per heavy atom. The number of amides is 1. The van der Waals surface area contributed by atoms with Crippen molar-refractivity contribution in [3.05, 3.63) is 40.4 Å². The molecule has 12 heteroatoms. The van der Waals surface area contributed by atoms with E-state index in [9.17, 15) is 23.1 Å². The van der Waals surface area contributed by atoms with Gasteiger partial charge in [-0.05, 0) is 37.7 Å². The number of likely N-dealkylation sites (tertiary alicyclic amines) is 1. The number of benzene rings is 1. The van der Waals surface area contributed by atoms with Gasteiger partial charge in [-0.3, -0.25) is 14.5 Å². The number of nitrogens with zero attached hydrogens (tertiary/aromatic N) is 2. The molecule has 0 spiro atoms. The summed E-state index contributed by atoms with van der Waals surface area (Å²) in [5.74, 6) is -0.317. The minimum absolute atomic E-state index is 0.0788. The zero-order chi connectivity index (χ0) is 26.6. The highest BCUT2D eigenvalue weighted by atomic mass is 32.2. The topological polar surface area (TPSA) is 133 Å². The first-order valence-corrected chi connectivity index (χ1v) is 15.6. The second-order valence-electron chi connectivity index (χ2n) is 9.46. The lowest BCUT2D eigenvalue weighted by Gasteiger charge is -2.28. The molecule has 4 N–H and O–H groups in total. The van der Waals surface area contributed by atoms with Crippen molar-refractivity contribution >= 4 is 45.9 Å². The van der Waals surface area contributed by atoms with Crippen LogP contribution in [0.1, 0.15) is 39.2 Å². The van der Waals surface area contributed by atoms with Gasteiger partial charge in [0.1, 0.15) is 0 Å². The summed E-state index contributed by atoms with van der Waals surface area (Å²) >= 11 is 3.25. The third kappa shape index (κ3) is 7.12. The molecule has 36 heavy (non-hydrogen) atoms. The molecule has 0 unspecified atom stereocenters. The van der Waals surface area contributed by atoms with Crippen molar-refractivity contribution in [3.63, 3.8) is 0 Å². The molecule has 1 aromatic rings. The summed E-state index contributed by atoms with van der Waals surface area (Å²) in [6.07, 6.45) is 3.23. The van der Waals surface area contributed by atoms with Crippen molar-refractivity contribution in [2.75, 3.05) is 19.3 Å². The van der Waals surface area contributed by atoms with E-state index in [4.69, 9.17) is 5.14 Å². The summed E-state index contributed by atoms with van der Waals surface area (Å²) in [4.78, 5) is 30.3. The standard InChI is InChI=1S/C24H36N4O5S3/c1-15(30)9-21-16(2)24(22(14-29)28(21)17(3)31)35-20-10-19(11-26-36(25,32)33)27(13-20)12-18-7-5-6-8-23(18)34-4/h5-8,14-16,19-21,26,30H,9-13H2,1-4H3,(H2,25,32,33)/t15-,16-,19+,20+,21+/m1/s1. The Morgan fingerprint density at radius 2 is 2.06 bits per heavy atom. The number of nitrogens with two attached hydrogens (primary N) is 1. The minimum atomic E-state index is -3.83. The van der Waals surface area contributed by atoms with Crippen LogP contribution in [-0.2, 0) is 26.3 Å². The van der Waals surface area contributed by atoms with Crippen LogP contribution >= 0.6 is 23.5 Å². The fraction of sp³-hybridized carbons (Fsp3) is 0.583. The average Bonchev–Trinajstić information content (AvgIpc) is 3.30. The molecule has 200 valence electrons. The van der Waals surface area contributed by atoms with Gasteiger partial charge in [-0.1, -0.05) is 25.1 Å². The molecule has 2 heterocycles. The van der Waals surface area contributed by atoms with Crippen LogP contribution in [-0.4, -0.2) is 78.3 Å². The fourth-order valence-corrected chi connectivity index (χ4v) is 7.76. The van der Waals surface area contributed by atoms with Crippen LogP contribution in [0.25, 0.3) is 0 Å². The maximum atomic E-state index is 12.4. The number of carbonyl (C=O) groups excluding carboxylic acids is 2. The molecule has 0 bridgehead atoms. The molecule has 0 aliphatic carbocycles. The lowest BCUT2D eigenvalue weighted by Crippen LogP contribution is -2.42. The van der Waals surface area contributed by atoms with E-state index >= 15 is 0 Å². The molecule has 0 radical (unpaired) electrons. The Balaban J connectivity index is 1.85. The third-order valence-corrected chi connectivity index (χ3v) is 9.65. The molecule has 2 aliphatic rings. The fourth-order valence-electron chi connectivity index (χ4n) is 5.15. The van der Waals surface area contributed by atoms with Crippen LogP contribution in [0, 0.1) is 5.92 Å². The Morgan fingerprint density at radius 1 is 1.36 bits per heavy atom. The van der Waals surface area contributed by atoms with E-state index in [0.717, 1.165) is 16.8 Å². The summed E-state index contributed by atoms with van der Waals surface area (Å²) in [6, 6.07) is 7.78. The Kier molecular flexibility index (Phi) is 10.1.